The smallest absolute Gasteiger partial charge is 0.262 e. The molecule has 2 amide bonds. The Kier molecular flexibility index (Phi) is 14.1. The quantitative estimate of drug-likeness (QED) is 0.418. The van der Waals surface area contributed by atoms with Crippen LogP contribution in [0.25, 0.3) is 0 Å². The number of carbonyl (C=O) groups is 2. The van der Waals surface area contributed by atoms with Gasteiger partial charge in [-0.05, 0) is 49.2 Å². The standard InChI is InChI=1S/C24H29ClFN3O4.C2H6/c1-17(28-24(31)16-33-20-8-9-21(25)22(26)14-20)10-12-27-23(30)15-32-13-11-18-4-6-19(7-5-18)29(2)3;1-2/h4-10,14H,11-13,15-16H2,1-3H3,(H,27,30)(H,28,31);1-2H3/b17-10+;. The van der Waals surface area contributed by atoms with Gasteiger partial charge in [0.2, 0.25) is 5.91 Å². The summed E-state index contributed by atoms with van der Waals surface area (Å²) < 4.78 is 24.0. The molecule has 0 aliphatic heterocycles. The summed E-state index contributed by atoms with van der Waals surface area (Å²) in [5.74, 6) is -1.08. The maximum atomic E-state index is 13.4. The predicted molar refractivity (Wildman–Crippen MR) is 138 cm³/mol. The molecule has 0 saturated heterocycles. The van der Waals surface area contributed by atoms with Crippen LogP contribution in [0, 0.1) is 5.82 Å². The van der Waals surface area contributed by atoms with E-state index in [1.54, 1.807) is 13.0 Å². The molecule has 0 heterocycles. The van der Waals surface area contributed by atoms with Crippen LogP contribution in [0.1, 0.15) is 26.3 Å². The fourth-order valence-corrected chi connectivity index (χ4v) is 2.82. The summed E-state index contributed by atoms with van der Waals surface area (Å²) in [6.45, 7) is 6.04. The van der Waals surface area contributed by atoms with Crippen LogP contribution in [0.5, 0.6) is 5.75 Å². The number of hydrogen-bond acceptors (Lipinski definition) is 5. The molecule has 9 heteroatoms. The van der Waals surface area contributed by atoms with Crippen LogP contribution < -0.4 is 20.3 Å². The minimum atomic E-state index is -0.621. The van der Waals surface area contributed by atoms with Gasteiger partial charge < -0.3 is 25.0 Å². The molecule has 2 rings (SSSR count). The molecule has 2 aromatic rings. The molecule has 0 atom stereocenters. The largest absolute Gasteiger partial charge is 0.484 e. The molecule has 2 aromatic carbocycles. The van der Waals surface area contributed by atoms with Crippen LogP contribution in [-0.4, -0.2) is 52.3 Å². The van der Waals surface area contributed by atoms with E-state index in [4.69, 9.17) is 21.1 Å². The summed E-state index contributed by atoms with van der Waals surface area (Å²) in [7, 11) is 3.98. The molecular weight excluding hydrogens is 473 g/mol. The molecule has 0 radical (unpaired) electrons. The van der Waals surface area contributed by atoms with E-state index in [-0.39, 0.29) is 36.4 Å². The van der Waals surface area contributed by atoms with Gasteiger partial charge in [-0.25, -0.2) is 4.39 Å². The highest BCUT2D eigenvalue weighted by atomic mass is 35.5. The summed E-state index contributed by atoms with van der Waals surface area (Å²) in [4.78, 5) is 25.8. The van der Waals surface area contributed by atoms with E-state index in [9.17, 15) is 14.0 Å². The first-order valence-corrected chi connectivity index (χ1v) is 11.8. The summed E-state index contributed by atoms with van der Waals surface area (Å²) in [6, 6.07) is 12.1. The number of nitrogens with one attached hydrogen (secondary N) is 2. The van der Waals surface area contributed by atoms with Crippen molar-refractivity contribution in [3.8, 4) is 5.75 Å². The highest BCUT2D eigenvalue weighted by Gasteiger charge is 2.06. The fourth-order valence-electron chi connectivity index (χ4n) is 2.71. The Hall–Kier alpha value is -3.10. The van der Waals surface area contributed by atoms with Gasteiger partial charge in [0.05, 0.1) is 11.6 Å². The lowest BCUT2D eigenvalue weighted by Crippen LogP contribution is -2.30. The van der Waals surface area contributed by atoms with Crippen molar-refractivity contribution in [1.82, 2.24) is 10.6 Å². The number of halogens is 2. The van der Waals surface area contributed by atoms with E-state index in [0.717, 1.165) is 23.7 Å². The normalized spacial score (nSPS) is 10.7. The first-order chi connectivity index (χ1) is 16.7. The van der Waals surface area contributed by atoms with Crippen LogP contribution in [0.4, 0.5) is 10.1 Å². The Morgan fingerprint density at radius 2 is 1.74 bits per heavy atom. The first kappa shape index (κ1) is 29.9. The average molecular weight is 508 g/mol. The van der Waals surface area contributed by atoms with Gasteiger partial charge in [0.1, 0.15) is 18.2 Å². The van der Waals surface area contributed by atoms with E-state index in [2.05, 4.69) is 10.6 Å². The number of nitrogens with zero attached hydrogens (tertiary/aromatic N) is 1. The molecule has 2 N–H and O–H groups in total. The first-order valence-electron chi connectivity index (χ1n) is 11.4. The van der Waals surface area contributed by atoms with Crippen LogP contribution in [0.15, 0.2) is 54.2 Å². The van der Waals surface area contributed by atoms with Crippen molar-refractivity contribution in [2.45, 2.75) is 27.2 Å². The number of carbonyl (C=O) groups excluding carboxylic acids is 2. The maximum absolute atomic E-state index is 13.4. The van der Waals surface area contributed by atoms with Crippen LogP contribution in [0.2, 0.25) is 5.02 Å². The number of hydrogen-bond donors (Lipinski definition) is 2. The monoisotopic (exact) mass is 507 g/mol. The molecule has 0 saturated carbocycles. The number of rotatable bonds is 12. The van der Waals surface area contributed by atoms with E-state index < -0.39 is 11.7 Å². The minimum absolute atomic E-state index is 0.0204. The average Bonchev–Trinajstić information content (AvgIpc) is 2.84. The molecule has 192 valence electrons. The van der Waals surface area contributed by atoms with Crippen LogP contribution in [-0.2, 0) is 20.7 Å². The molecule has 0 aliphatic carbocycles. The van der Waals surface area contributed by atoms with Crippen molar-refractivity contribution in [2.75, 3.05) is 45.4 Å². The molecule has 0 unspecified atom stereocenters. The zero-order valence-electron chi connectivity index (χ0n) is 21.0. The number of benzene rings is 2. The molecule has 35 heavy (non-hydrogen) atoms. The van der Waals surface area contributed by atoms with Gasteiger partial charge in [0.25, 0.3) is 5.91 Å². The lowest BCUT2D eigenvalue weighted by Gasteiger charge is -2.12. The van der Waals surface area contributed by atoms with Gasteiger partial charge in [0.15, 0.2) is 6.61 Å². The van der Waals surface area contributed by atoms with Crippen molar-refractivity contribution in [1.29, 1.82) is 0 Å². The minimum Gasteiger partial charge on any atom is -0.484 e. The maximum Gasteiger partial charge on any atom is 0.262 e. The van der Waals surface area contributed by atoms with Crippen molar-refractivity contribution in [3.05, 3.63) is 70.6 Å². The van der Waals surface area contributed by atoms with Gasteiger partial charge in [-0.15, -0.1) is 0 Å². The number of amides is 2. The van der Waals surface area contributed by atoms with Gasteiger partial charge >= 0.3 is 0 Å². The van der Waals surface area contributed by atoms with Crippen molar-refractivity contribution in [3.63, 3.8) is 0 Å². The van der Waals surface area contributed by atoms with Gasteiger partial charge in [-0.2, -0.15) is 0 Å². The van der Waals surface area contributed by atoms with E-state index in [1.165, 1.54) is 12.1 Å². The Bertz CT molecular complexity index is 966. The Morgan fingerprint density at radius 3 is 2.37 bits per heavy atom. The Labute approximate surface area is 212 Å². The Morgan fingerprint density at radius 1 is 1.06 bits per heavy atom. The second kappa shape index (κ2) is 16.5. The fraction of sp³-hybridized carbons (Fsp3) is 0.385. The SMILES string of the molecule is C/C(=C\CNC(=O)COCCc1ccc(N(C)C)cc1)NC(=O)COc1ccc(Cl)c(F)c1.CC. The lowest BCUT2D eigenvalue weighted by molar-refractivity contribution is -0.125. The topological polar surface area (TPSA) is 79.9 Å². The van der Waals surface area contributed by atoms with Crippen LogP contribution >= 0.6 is 11.6 Å². The molecular formula is C26H35ClFN3O4. The third-order valence-electron chi connectivity index (χ3n) is 4.53. The predicted octanol–water partition coefficient (Wildman–Crippen LogP) is 4.35. The highest BCUT2D eigenvalue weighted by Crippen LogP contribution is 2.20. The highest BCUT2D eigenvalue weighted by molar-refractivity contribution is 6.30. The van der Waals surface area contributed by atoms with Gasteiger partial charge in [-0.3, -0.25) is 9.59 Å². The van der Waals surface area contributed by atoms with E-state index in [1.807, 2.05) is 57.1 Å². The lowest BCUT2D eigenvalue weighted by atomic mass is 10.1. The molecule has 0 bridgehead atoms. The molecule has 0 fully saturated rings. The van der Waals surface area contributed by atoms with Crippen LogP contribution in [0.3, 0.4) is 0 Å². The van der Waals surface area contributed by atoms with Gasteiger partial charge in [-0.1, -0.05) is 37.6 Å². The second-order valence-electron chi connectivity index (χ2n) is 7.47. The van der Waals surface area contributed by atoms with Gasteiger partial charge in [0, 0.05) is 38.1 Å². The number of allylic oxidation sites excluding steroid dienone is 1. The third-order valence-corrected chi connectivity index (χ3v) is 4.83. The molecule has 0 spiro atoms. The van der Waals surface area contributed by atoms with Crippen molar-refractivity contribution < 1.29 is 23.5 Å². The summed E-state index contributed by atoms with van der Waals surface area (Å²) in [5, 5.41) is 5.29. The number of ether oxygens (including phenoxy) is 2. The van der Waals surface area contributed by atoms with E-state index >= 15 is 0 Å². The summed E-state index contributed by atoms with van der Waals surface area (Å²) in [6.07, 6.45) is 2.38. The Balaban J connectivity index is 0.00000298. The van der Waals surface area contributed by atoms with E-state index in [0.29, 0.717) is 12.3 Å². The van der Waals surface area contributed by atoms with Crippen molar-refractivity contribution >= 4 is 29.1 Å². The second-order valence-corrected chi connectivity index (χ2v) is 7.87. The molecule has 7 nitrogen and oxygen atoms in total. The summed E-state index contributed by atoms with van der Waals surface area (Å²) in [5.41, 5.74) is 2.82. The van der Waals surface area contributed by atoms with Crippen molar-refractivity contribution in [2.24, 2.45) is 0 Å². The molecule has 0 aromatic heterocycles. The summed E-state index contributed by atoms with van der Waals surface area (Å²) >= 11 is 5.60. The zero-order valence-corrected chi connectivity index (χ0v) is 21.7. The molecule has 0 aliphatic rings. The number of anilines is 1. The third kappa shape index (κ3) is 12.2. The zero-order chi connectivity index (χ0) is 26.2.